The summed E-state index contributed by atoms with van der Waals surface area (Å²) in [5, 5.41) is 11.9. The normalized spacial score (nSPS) is 42.8. The zero-order valence-corrected chi connectivity index (χ0v) is 22.8. The van der Waals surface area contributed by atoms with Gasteiger partial charge < -0.3 is 10.0 Å². The molecule has 7 atom stereocenters. The lowest BCUT2D eigenvalue weighted by Gasteiger charge is -2.61. The zero-order chi connectivity index (χ0) is 24.8. The highest BCUT2D eigenvalue weighted by Gasteiger charge is 2.61. The monoisotopic (exact) mass is 485 g/mol. The highest BCUT2D eigenvalue weighted by Crippen LogP contribution is 2.66. The quantitative estimate of drug-likeness (QED) is 0.377. The lowest BCUT2D eigenvalue weighted by atomic mass is 9.44. The Kier molecular flexibility index (Phi) is 7.18. The van der Waals surface area contributed by atoms with Crippen molar-refractivity contribution < 1.29 is 14.7 Å². The van der Waals surface area contributed by atoms with Crippen molar-refractivity contribution in [2.24, 2.45) is 40.4 Å². The number of Topliss-reactive ketones (excluding diaryl/α,β-unsaturated/α-hetero) is 1. The minimum atomic E-state index is -0.725. The Bertz CT molecular complexity index is 807. The lowest BCUT2D eigenvalue weighted by Crippen LogP contribution is -2.58. The minimum absolute atomic E-state index is 0.0550. The van der Waals surface area contributed by atoms with Crippen molar-refractivity contribution in [1.29, 1.82) is 0 Å². The molecule has 0 aromatic rings. The summed E-state index contributed by atoms with van der Waals surface area (Å²) < 4.78 is 0. The molecule has 0 aromatic carbocycles. The minimum Gasteiger partial charge on any atom is -0.388 e. The molecule has 0 aliphatic heterocycles. The van der Waals surface area contributed by atoms with Crippen molar-refractivity contribution in [2.75, 3.05) is 13.1 Å². The van der Waals surface area contributed by atoms with Crippen LogP contribution in [0.1, 0.15) is 124 Å². The van der Waals surface area contributed by atoms with Gasteiger partial charge in [-0.25, -0.2) is 0 Å². The number of amides is 1. The lowest BCUT2D eigenvalue weighted by molar-refractivity contribution is -0.161. The SMILES string of the molecule is CCCCCCCN(C[C@@]1(O)CC[C@@]2(C)C(CC[C@@H]3[C@@H]2CC[C@]2(C)C(=O)CC[C@@H]32)C1)C(=O)C1CC1. The molecule has 0 heterocycles. The molecule has 198 valence electrons. The molecular weight excluding hydrogens is 434 g/mol. The van der Waals surface area contributed by atoms with Gasteiger partial charge >= 0.3 is 0 Å². The first-order chi connectivity index (χ1) is 16.7. The highest BCUT2D eigenvalue weighted by atomic mass is 16.3. The van der Waals surface area contributed by atoms with Crippen LogP contribution in [-0.4, -0.2) is 40.4 Å². The van der Waals surface area contributed by atoms with Crippen molar-refractivity contribution in [1.82, 2.24) is 4.90 Å². The molecular formula is C31H51NO3. The summed E-state index contributed by atoms with van der Waals surface area (Å²) in [4.78, 5) is 27.9. The molecule has 1 amide bonds. The van der Waals surface area contributed by atoms with Crippen molar-refractivity contribution in [3.8, 4) is 0 Å². The Morgan fingerprint density at radius 1 is 0.943 bits per heavy atom. The molecule has 35 heavy (non-hydrogen) atoms. The van der Waals surface area contributed by atoms with E-state index in [0.29, 0.717) is 41.9 Å². The summed E-state index contributed by atoms with van der Waals surface area (Å²) in [6.45, 7) is 8.40. The van der Waals surface area contributed by atoms with Gasteiger partial charge in [0.15, 0.2) is 0 Å². The van der Waals surface area contributed by atoms with Crippen LogP contribution >= 0.6 is 0 Å². The maximum absolute atomic E-state index is 13.1. The van der Waals surface area contributed by atoms with Gasteiger partial charge in [-0.1, -0.05) is 46.5 Å². The van der Waals surface area contributed by atoms with Gasteiger partial charge in [0.2, 0.25) is 5.91 Å². The predicted octanol–water partition coefficient (Wildman–Crippen LogP) is 6.54. The van der Waals surface area contributed by atoms with Gasteiger partial charge in [-0.3, -0.25) is 9.59 Å². The van der Waals surface area contributed by atoms with Crippen molar-refractivity contribution in [3.05, 3.63) is 0 Å². The standard InChI is InChI=1S/C31H51NO3/c1-4-5-6-7-8-19-32(28(34)22-9-10-22)21-31(35)18-17-29(2)23(20-31)11-12-24-25-13-14-27(33)30(25,3)16-15-26(24)29/h22-26,35H,4-21H2,1-3H3/t23?,24-,25-,26-,29-,30-,31+/m0/s1. The van der Waals surface area contributed by atoms with Crippen LogP contribution in [0.5, 0.6) is 0 Å². The molecule has 0 aromatic heterocycles. The third-order valence-electron chi connectivity index (χ3n) is 11.8. The number of carbonyl (C=O) groups is 2. The van der Waals surface area contributed by atoms with Crippen LogP contribution in [0.25, 0.3) is 0 Å². The Hall–Kier alpha value is -0.900. The van der Waals surface area contributed by atoms with Gasteiger partial charge in [0, 0.05) is 30.8 Å². The number of hydrogen-bond donors (Lipinski definition) is 1. The van der Waals surface area contributed by atoms with Gasteiger partial charge in [0.1, 0.15) is 5.78 Å². The summed E-state index contributed by atoms with van der Waals surface area (Å²) in [6.07, 6.45) is 17.5. The van der Waals surface area contributed by atoms with E-state index in [9.17, 15) is 14.7 Å². The summed E-state index contributed by atoms with van der Waals surface area (Å²) in [5.74, 6) is 3.60. The summed E-state index contributed by atoms with van der Waals surface area (Å²) in [7, 11) is 0. The fraction of sp³-hybridized carbons (Fsp3) is 0.935. The molecule has 1 N–H and O–H groups in total. The van der Waals surface area contributed by atoms with Crippen molar-refractivity contribution in [3.63, 3.8) is 0 Å². The second kappa shape index (κ2) is 9.76. The van der Waals surface area contributed by atoms with Crippen LogP contribution in [0.2, 0.25) is 0 Å². The Balaban J connectivity index is 1.24. The molecule has 0 bridgehead atoms. The Morgan fingerprint density at radius 3 is 2.46 bits per heavy atom. The van der Waals surface area contributed by atoms with E-state index in [0.717, 1.165) is 64.3 Å². The summed E-state index contributed by atoms with van der Waals surface area (Å²) in [6, 6.07) is 0. The molecule has 1 unspecified atom stereocenters. The number of ketones is 1. The first-order valence-corrected chi connectivity index (χ1v) is 15.2. The highest BCUT2D eigenvalue weighted by molar-refractivity contribution is 5.87. The van der Waals surface area contributed by atoms with Crippen molar-refractivity contribution in [2.45, 2.75) is 129 Å². The van der Waals surface area contributed by atoms with Crippen LogP contribution < -0.4 is 0 Å². The smallest absolute Gasteiger partial charge is 0.225 e. The molecule has 0 spiro atoms. The Labute approximate surface area is 214 Å². The number of unbranched alkanes of at least 4 members (excludes halogenated alkanes) is 4. The fourth-order valence-corrected chi connectivity index (χ4v) is 9.35. The molecule has 5 aliphatic carbocycles. The number of fused-ring (bicyclic) bond motifs is 5. The van der Waals surface area contributed by atoms with E-state index in [4.69, 9.17) is 0 Å². The molecule has 0 saturated heterocycles. The number of hydrogen-bond acceptors (Lipinski definition) is 3. The van der Waals surface area contributed by atoms with Gasteiger partial charge in [0.25, 0.3) is 0 Å². The maximum Gasteiger partial charge on any atom is 0.225 e. The first-order valence-electron chi connectivity index (χ1n) is 15.2. The van der Waals surface area contributed by atoms with Gasteiger partial charge in [-0.05, 0) is 99.7 Å². The number of aliphatic hydroxyl groups is 1. The van der Waals surface area contributed by atoms with E-state index < -0.39 is 5.60 Å². The van der Waals surface area contributed by atoms with Crippen LogP contribution in [0, 0.1) is 40.4 Å². The van der Waals surface area contributed by atoms with E-state index in [1.54, 1.807) is 0 Å². The van der Waals surface area contributed by atoms with Crippen LogP contribution in [0.4, 0.5) is 0 Å². The van der Waals surface area contributed by atoms with Crippen LogP contribution in [-0.2, 0) is 9.59 Å². The topological polar surface area (TPSA) is 57.6 Å². The van der Waals surface area contributed by atoms with Gasteiger partial charge in [-0.2, -0.15) is 0 Å². The van der Waals surface area contributed by atoms with E-state index in [1.165, 1.54) is 44.9 Å². The van der Waals surface area contributed by atoms with E-state index in [-0.39, 0.29) is 16.7 Å². The second-order valence-corrected chi connectivity index (χ2v) is 14.0. The second-order valence-electron chi connectivity index (χ2n) is 14.0. The summed E-state index contributed by atoms with van der Waals surface area (Å²) >= 11 is 0. The van der Waals surface area contributed by atoms with E-state index >= 15 is 0 Å². The van der Waals surface area contributed by atoms with Crippen LogP contribution in [0.3, 0.4) is 0 Å². The largest absolute Gasteiger partial charge is 0.388 e. The van der Waals surface area contributed by atoms with Crippen LogP contribution in [0.15, 0.2) is 0 Å². The summed E-state index contributed by atoms with van der Waals surface area (Å²) in [5.41, 5.74) is -0.494. The van der Waals surface area contributed by atoms with Gasteiger partial charge in [-0.15, -0.1) is 0 Å². The van der Waals surface area contributed by atoms with E-state index in [1.807, 2.05) is 0 Å². The number of carbonyl (C=O) groups excluding carboxylic acids is 2. The third kappa shape index (κ3) is 4.75. The zero-order valence-electron chi connectivity index (χ0n) is 22.8. The third-order valence-corrected chi connectivity index (χ3v) is 11.8. The Morgan fingerprint density at radius 2 is 1.71 bits per heavy atom. The maximum atomic E-state index is 13.1. The van der Waals surface area contributed by atoms with E-state index in [2.05, 4.69) is 25.7 Å². The number of rotatable bonds is 9. The molecule has 4 nitrogen and oxygen atoms in total. The average molecular weight is 486 g/mol. The molecule has 4 heteroatoms. The average Bonchev–Trinajstić information content (AvgIpc) is 3.63. The van der Waals surface area contributed by atoms with Crippen molar-refractivity contribution >= 4 is 11.7 Å². The molecule has 0 radical (unpaired) electrons. The molecule has 5 fully saturated rings. The first kappa shape index (κ1) is 25.7. The number of nitrogens with zero attached hydrogens (tertiary/aromatic N) is 1. The molecule has 5 aliphatic rings. The fourth-order valence-electron chi connectivity index (χ4n) is 9.35. The van der Waals surface area contributed by atoms with Gasteiger partial charge in [0.05, 0.1) is 5.60 Å². The molecule has 5 saturated carbocycles. The predicted molar refractivity (Wildman–Crippen MR) is 140 cm³/mol. The molecule has 5 rings (SSSR count).